The lowest BCUT2D eigenvalue weighted by Gasteiger charge is -2.19. The van der Waals surface area contributed by atoms with E-state index in [2.05, 4.69) is 4.74 Å². The van der Waals surface area contributed by atoms with E-state index in [0.29, 0.717) is 7.18 Å². The summed E-state index contributed by atoms with van der Waals surface area (Å²) < 4.78 is 121. The van der Waals surface area contributed by atoms with Gasteiger partial charge in [-0.3, -0.25) is 4.39 Å². The van der Waals surface area contributed by atoms with Crippen molar-refractivity contribution in [3.8, 4) is 0 Å². The SMILES string of the molecule is CF.FC(F)(F)F.FCC(F)(CF)OCC(F)(F)F. The summed E-state index contributed by atoms with van der Waals surface area (Å²) in [4.78, 5) is 0. The molecule has 0 aromatic carbocycles. The largest absolute Gasteiger partial charge is 0.559 e. The van der Waals surface area contributed by atoms with Crippen LogP contribution in [-0.2, 0) is 4.74 Å². The molecule has 0 rings (SSSR count). The van der Waals surface area contributed by atoms with E-state index in [1.807, 2.05) is 0 Å². The minimum absolute atomic E-state index is 0.500. The second-order valence-corrected chi connectivity index (χ2v) is 2.48. The molecule has 0 aliphatic carbocycles. The fraction of sp³-hybridized carbons (Fsp3) is 1.00. The maximum absolute atomic E-state index is 12.3. The van der Waals surface area contributed by atoms with E-state index in [-0.39, 0.29) is 0 Å². The first-order valence-corrected chi connectivity index (χ1v) is 3.98. The van der Waals surface area contributed by atoms with E-state index < -0.39 is 38.4 Å². The third-order valence-corrected chi connectivity index (χ3v) is 0.894. The highest BCUT2D eigenvalue weighted by Gasteiger charge is 2.37. The lowest BCUT2D eigenvalue weighted by atomic mass is 10.4. The second kappa shape index (κ2) is 10.0. The molecule has 0 amide bonds. The van der Waals surface area contributed by atoms with Gasteiger partial charge in [0.25, 0.3) is 5.85 Å². The van der Waals surface area contributed by atoms with Crippen molar-refractivity contribution >= 4 is 0 Å². The molecule has 0 heterocycles. The van der Waals surface area contributed by atoms with Gasteiger partial charge in [-0.05, 0) is 0 Å². The fourth-order valence-corrected chi connectivity index (χ4v) is 0.324. The van der Waals surface area contributed by atoms with Crippen LogP contribution in [0.4, 0.5) is 48.3 Å². The number of hydrogen-bond acceptors (Lipinski definition) is 1. The molecular weight excluding hydrogens is 309 g/mol. The Hall–Kier alpha value is -0.810. The highest BCUT2D eigenvalue weighted by molar-refractivity contribution is 4.65. The normalized spacial score (nSPS) is 12.0. The molecule has 120 valence electrons. The van der Waals surface area contributed by atoms with Crippen molar-refractivity contribution in [1.29, 1.82) is 0 Å². The van der Waals surface area contributed by atoms with Gasteiger partial charge in [-0.1, -0.05) is 0 Å². The van der Waals surface area contributed by atoms with E-state index >= 15 is 0 Å². The molecule has 0 spiro atoms. The summed E-state index contributed by atoms with van der Waals surface area (Å²) in [6.45, 7) is -5.89. The molecule has 0 saturated carbocycles. The van der Waals surface area contributed by atoms with Gasteiger partial charge >= 0.3 is 12.6 Å². The van der Waals surface area contributed by atoms with Crippen LogP contribution in [0.25, 0.3) is 0 Å². The molecule has 0 N–H and O–H groups in total. The van der Waals surface area contributed by atoms with Crippen LogP contribution in [0.1, 0.15) is 0 Å². The Bertz CT molecular complexity index is 188. The molecule has 0 unspecified atom stereocenters. The Morgan fingerprint density at radius 3 is 1.16 bits per heavy atom. The summed E-state index contributed by atoms with van der Waals surface area (Å²) in [5.41, 5.74) is 0. The van der Waals surface area contributed by atoms with Crippen molar-refractivity contribution < 1.29 is 53.0 Å². The van der Waals surface area contributed by atoms with Crippen molar-refractivity contribution in [2.45, 2.75) is 18.5 Å². The van der Waals surface area contributed by atoms with Gasteiger partial charge in [0, 0.05) is 0 Å². The van der Waals surface area contributed by atoms with Gasteiger partial charge < -0.3 is 4.74 Å². The zero-order valence-corrected chi connectivity index (χ0v) is 9.19. The number of halogens is 11. The van der Waals surface area contributed by atoms with Gasteiger partial charge in [0.1, 0.15) is 6.61 Å². The Balaban J connectivity index is -0.000000307. The van der Waals surface area contributed by atoms with Crippen LogP contribution in [0.3, 0.4) is 0 Å². The van der Waals surface area contributed by atoms with Gasteiger partial charge in [-0.15, -0.1) is 17.6 Å². The van der Waals surface area contributed by atoms with E-state index in [4.69, 9.17) is 0 Å². The lowest BCUT2D eigenvalue weighted by molar-refractivity contribution is -0.245. The average molecular weight is 318 g/mol. The molecule has 0 aliphatic rings. The molecule has 0 aromatic rings. The number of rotatable bonds is 4. The summed E-state index contributed by atoms with van der Waals surface area (Å²) in [6, 6.07) is 0. The Kier molecular flexibility index (Phi) is 12.3. The number of hydrogen-bond donors (Lipinski definition) is 0. The third kappa shape index (κ3) is 26.7. The molecule has 1 nitrogen and oxygen atoms in total. The second-order valence-electron chi connectivity index (χ2n) is 2.48. The van der Waals surface area contributed by atoms with E-state index in [0.717, 1.165) is 0 Å². The summed E-state index contributed by atoms with van der Waals surface area (Å²) in [7, 11) is 0.500. The lowest BCUT2D eigenvalue weighted by Crippen LogP contribution is -2.36. The van der Waals surface area contributed by atoms with Gasteiger partial charge in [-0.25, -0.2) is 13.2 Å². The smallest absolute Gasteiger partial charge is 0.332 e. The standard InChI is InChI=1S/C5H6F6O.CF4.CH3F/c6-1-4(8,2-7)12-3-5(9,10)11;2-1(3,4)5;1-2/h1-3H2;;1H3. The molecule has 19 heavy (non-hydrogen) atoms. The van der Waals surface area contributed by atoms with Crippen molar-refractivity contribution in [1.82, 2.24) is 0 Å². The number of alkyl halides is 11. The van der Waals surface area contributed by atoms with Crippen LogP contribution in [0, 0.1) is 0 Å². The zero-order valence-electron chi connectivity index (χ0n) is 9.19. The molecule has 0 radical (unpaired) electrons. The first-order valence-electron chi connectivity index (χ1n) is 3.98. The molecule has 0 saturated heterocycles. The van der Waals surface area contributed by atoms with Crippen molar-refractivity contribution in [2.75, 3.05) is 27.1 Å². The highest BCUT2D eigenvalue weighted by Crippen LogP contribution is 2.21. The predicted molar refractivity (Wildman–Crippen MR) is 42.0 cm³/mol. The van der Waals surface area contributed by atoms with Crippen molar-refractivity contribution in [3.63, 3.8) is 0 Å². The monoisotopic (exact) mass is 318 g/mol. The van der Waals surface area contributed by atoms with E-state index in [1.54, 1.807) is 0 Å². The molecule has 0 bridgehead atoms. The van der Waals surface area contributed by atoms with Crippen LogP contribution in [-0.4, -0.2) is 45.6 Å². The number of ether oxygens (including phenoxy) is 1. The Labute approximate surface area is 99.9 Å². The van der Waals surface area contributed by atoms with Gasteiger partial charge in [-0.2, -0.15) is 13.2 Å². The van der Waals surface area contributed by atoms with Crippen LogP contribution in [0.15, 0.2) is 0 Å². The molecule has 0 fully saturated rings. The van der Waals surface area contributed by atoms with E-state index in [9.17, 15) is 48.3 Å². The predicted octanol–water partition coefficient (Wildman–Crippen LogP) is 4.23. The molecule has 0 aliphatic heterocycles. The van der Waals surface area contributed by atoms with Crippen LogP contribution >= 0.6 is 0 Å². The van der Waals surface area contributed by atoms with Crippen LogP contribution in [0.2, 0.25) is 0 Å². The topological polar surface area (TPSA) is 9.23 Å². The van der Waals surface area contributed by atoms with Gasteiger partial charge in [0.2, 0.25) is 0 Å². The van der Waals surface area contributed by atoms with E-state index in [1.165, 1.54) is 0 Å². The zero-order chi connectivity index (χ0) is 16.3. The summed E-state index contributed by atoms with van der Waals surface area (Å²) in [5, 5.41) is 0. The minimum atomic E-state index is -5.50. The van der Waals surface area contributed by atoms with Crippen molar-refractivity contribution in [2.24, 2.45) is 0 Å². The summed E-state index contributed by atoms with van der Waals surface area (Å²) in [5.74, 6) is -3.46. The average Bonchev–Trinajstić information content (AvgIpc) is 2.25. The summed E-state index contributed by atoms with van der Waals surface area (Å²) in [6.07, 6.45) is -10.3. The maximum Gasteiger partial charge on any atom is 0.559 e. The molecular formula is C7H9F11O. The fourth-order valence-electron chi connectivity index (χ4n) is 0.324. The van der Waals surface area contributed by atoms with Crippen LogP contribution in [0.5, 0.6) is 0 Å². The Morgan fingerprint density at radius 2 is 1.00 bits per heavy atom. The Morgan fingerprint density at radius 1 is 0.737 bits per heavy atom. The molecule has 0 aromatic heterocycles. The van der Waals surface area contributed by atoms with Crippen LogP contribution < -0.4 is 0 Å². The van der Waals surface area contributed by atoms with Crippen molar-refractivity contribution in [3.05, 3.63) is 0 Å². The quantitative estimate of drug-likeness (QED) is 0.705. The molecule has 12 heteroatoms. The highest BCUT2D eigenvalue weighted by atomic mass is 19.5. The molecule has 0 atom stereocenters. The van der Waals surface area contributed by atoms with Gasteiger partial charge in [0.15, 0.2) is 13.3 Å². The minimum Gasteiger partial charge on any atom is -0.332 e. The first-order chi connectivity index (χ1) is 8.33. The summed E-state index contributed by atoms with van der Waals surface area (Å²) >= 11 is 0. The third-order valence-electron chi connectivity index (χ3n) is 0.894. The van der Waals surface area contributed by atoms with Gasteiger partial charge in [0.05, 0.1) is 7.18 Å². The maximum atomic E-state index is 12.3. The first kappa shape index (κ1) is 23.3.